The standard InChI is InChI=1S/C57H55NO3/c1-7-16-50-51(17-8-2)55(59)57(61)56(60)54(50)46-27-25-42-34-45(26-24-43(42)35-46)48-22-15-18-36(4)53(48)49-29-28-41(33-39(49)9-3)38(6)58-31-30-44(40-19-11-10-12-20-40)32-37(5)47-21-13-14-23-52(47)58/h9-14,19-35,50,54,59-61H,3,5-8,15-18H2,1-2,4H3/b31-30-,44-32+. The van der Waals surface area contributed by atoms with Crippen molar-refractivity contribution in [3.8, 4) is 0 Å². The number of aliphatic hydroxyl groups excluding tert-OH is 3. The van der Waals surface area contributed by atoms with Crippen LogP contribution in [0.2, 0.25) is 0 Å². The summed E-state index contributed by atoms with van der Waals surface area (Å²) >= 11 is 0. The minimum absolute atomic E-state index is 0.0888. The van der Waals surface area contributed by atoms with Crippen LogP contribution in [0.15, 0.2) is 182 Å². The molecule has 61 heavy (non-hydrogen) atoms. The molecule has 3 N–H and O–H groups in total. The number of anilines is 1. The minimum Gasteiger partial charge on any atom is -0.508 e. The lowest BCUT2D eigenvalue weighted by molar-refractivity contribution is 0.224. The van der Waals surface area contributed by atoms with Crippen LogP contribution in [0.1, 0.15) is 104 Å². The number of hydrogen-bond acceptors (Lipinski definition) is 4. The van der Waals surface area contributed by atoms with Crippen molar-refractivity contribution in [2.45, 2.75) is 65.2 Å². The summed E-state index contributed by atoms with van der Waals surface area (Å²) in [5.74, 6) is -1.22. The van der Waals surface area contributed by atoms with Gasteiger partial charge in [0.15, 0.2) is 11.5 Å². The molecule has 306 valence electrons. The van der Waals surface area contributed by atoms with E-state index in [1.165, 1.54) is 16.7 Å². The second kappa shape index (κ2) is 17.4. The second-order valence-corrected chi connectivity index (χ2v) is 16.5. The molecular weight excluding hydrogens is 747 g/mol. The average Bonchev–Trinajstić information content (AvgIpc) is 3.28. The maximum absolute atomic E-state index is 11.3. The van der Waals surface area contributed by atoms with Crippen molar-refractivity contribution in [1.29, 1.82) is 0 Å². The predicted octanol–water partition coefficient (Wildman–Crippen LogP) is 15.7. The molecule has 8 rings (SSSR count). The lowest BCUT2D eigenvalue weighted by Crippen LogP contribution is -2.25. The zero-order chi connectivity index (χ0) is 42.8. The molecule has 0 spiro atoms. The van der Waals surface area contributed by atoms with Gasteiger partial charge < -0.3 is 20.2 Å². The molecule has 2 unspecified atom stereocenters. The SMILES string of the molecule is C=Cc1cc(C(=C)N2/C=C\C(c3ccccc3)=C/C(=C)c3ccccc32)ccc1C1=C(C)CCC=C1c1ccc2cc(C3C(O)=C(O)C(O)=C(CCC)C3CCC)ccc2c1. The molecule has 5 aromatic carbocycles. The number of aliphatic hydroxyl groups is 3. The molecule has 0 radical (unpaired) electrons. The Hall–Kier alpha value is -6.78. The van der Waals surface area contributed by atoms with Crippen molar-refractivity contribution < 1.29 is 15.3 Å². The Kier molecular flexibility index (Phi) is 11.7. The highest BCUT2D eigenvalue weighted by Gasteiger charge is 2.38. The summed E-state index contributed by atoms with van der Waals surface area (Å²) < 4.78 is 0. The number of para-hydroxylation sites is 1. The van der Waals surface area contributed by atoms with Gasteiger partial charge in [0.1, 0.15) is 5.76 Å². The molecule has 1 heterocycles. The zero-order valence-corrected chi connectivity index (χ0v) is 35.6. The fourth-order valence-corrected chi connectivity index (χ4v) is 9.58. The Balaban J connectivity index is 1.12. The van der Waals surface area contributed by atoms with Crippen molar-refractivity contribution in [3.63, 3.8) is 0 Å². The Morgan fingerprint density at radius 1 is 0.803 bits per heavy atom. The first-order valence-electron chi connectivity index (χ1n) is 21.6. The quantitative estimate of drug-likeness (QED) is 0.124. The normalized spacial score (nSPS) is 19.5. The topological polar surface area (TPSA) is 63.9 Å². The van der Waals surface area contributed by atoms with E-state index in [1.807, 2.05) is 12.1 Å². The third-order valence-corrected chi connectivity index (χ3v) is 12.6. The third-order valence-electron chi connectivity index (χ3n) is 12.6. The molecule has 0 aromatic heterocycles. The van der Waals surface area contributed by atoms with Crippen LogP contribution in [0.5, 0.6) is 0 Å². The summed E-state index contributed by atoms with van der Waals surface area (Å²) in [5.41, 5.74) is 15.9. The molecule has 0 amide bonds. The molecule has 4 heteroatoms. The van der Waals surface area contributed by atoms with Gasteiger partial charge in [-0.05, 0) is 141 Å². The summed E-state index contributed by atoms with van der Waals surface area (Å²) in [6, 6.07) is 38.3. The molecule has 0 fully saturated rings. The van der Waals surface area contributed by atoms with E-state index >= 15 is 0 Å². The van der Waals surface area contributed by atoms with Crippen molar-refractivity contribution in [2.75, 3.05) is 4.90 Å². The van der Waals surface area contributed by atoms with Crippen molar-refractivity contribution in [2.24, 2.45) is 5.92 Å². The molecule has 4 nitrogen and oxygen atoms in total. The van der Waals surface area contributed by atoms with Gasteiger partial charge in [0.2, 0.25) is 0 Å². The monoisotopic (exact) mass is 801 g/mol. The van der Waals surface area contributed by atoms with Crippen molar-refractivity contribution >= 4 is 50.5 Å². The first-order valence-corrected chi connectivity index (χ1v) is 21.6. The number of nitrogens with zero attached hydrogens (tertiary/aromatic N) is 1. The molecule has 2 aliphatic carbocycles. The fourth-order valence-electron chi connectivity index (χ4n) is 9.58. The van der Waals surface area contributed by atoms with E-state index in [9.17, 15) is 15.3 Å². The third kappa shape index (κ3) is 7.75. The van der Waals surface area contributed by atoms with Gasteiger partial charge in [-0.25, -0.2) is 0 Å². The molecule has 0 saturated carbocycles. The highest BCUT2D eigenvalue weighted by Crippen LogP contribution is 2.47. The van der Waals surface area contributed by atoms with E-state index in [2.05, 4.69) is 173 Å². The predicted molar refractivity (Wildman–Crippen MR) is 259 cm³/mol. The maximum atomic E-state index is 11.3. The van der Waals surface area contributed by atoms with Crippen LogP contribution in [0.3, 0.4) is 0 Å². The average molecular weight is 802 g/mol. The maximum Gasteiger partial charge on any atom is 0.196 e. The van der Waals surface area contributed by atoms with E-state index in [-0.39, 0.29) is 17.4 Å². The summed E-state index contributed by atoms with van der Waals surface area (Å²) in [5, 5.41) is 35.1. The number of allylic oxidation sites excluding steroid dienone is 10. The number of hydrogen-bond donors (Lipinski definition) is 3. The molecule has 0 bridgehead atoms. The van der Waals surface area contributed by atoms with Gasteiger partial charge in [0.05, 0.1) is 11.6 Å². The molecule has 3 aliphatic rings. The summed E-state index contributed by atoms with van der Waals surface area (Å²) in [6.45, 7) is 19.9. The molecule has 1 aliphatic heterocycles. The smallest absolute Gasteiger partial charge is 0.196 e. The highest BCUT2D eigenvalue weighted by atomic mass is 16.3. The Bertz CT molecular complexity index is 2770. The molecule has 5 aromatic rings. The largest absolute Gasteiger partial charge is 0.508 e. The van der Waals surface area contributed by atoms with Gasteiger partial charge >= 0.3 is 0 Å². The summed E-state index contributed by atoms with van der Waals surface area (Å²) in [7, 11) is 0. The summed E-state index contributed by atoms with van der Waals surface area (Å²) in [4.78, 5) is 2.17. The van der Waals surface area contributed by atoms with Crippen LogP contribution < -0.4 is 4.90 Å². The van der Waals surface area contributed by atoms with Gasteiger partial charge in [-0.1, -0.05) is 155 Å². The number of rotatable bonds is 11. The van der Waals surface area contributed by atoms with Gasteiger partial charge in [-0.3, -0.25) is 0 Å². The minimum atomic E-state index is -0.422. The van der Waals surface area contributed by atoms with Gasteiger partial charge in [-0.2, -0.15) is 0 Å². The number of benzene rings is 5. The van der Waals surface area contributed by atoms with Gasteiger partial charge in [0, 0.05) is 17.5 Å². The van der Waals surface area contributed by atoms with Gasteiger partial charge in [-0.15, -0.1) is 0 Å². The lowest BCUT2D eigenvalue weighted by Gasteiger charge is -2.34. The molecular formula is C57H55NO3. The Morgan fingerprint density at radius 2 is 1.56 bits per heavy atom. The van der Waals surface area contributed by atoms with Crippen LogP contribution in [0, 0.1) is 5.92 Å². The van der Waals surface area contributed by atoms with E-state index < -0.39 is 11.7 Å². The van der Waals surface area contributed by atoms with Crippen LogP contribution in [0.4, 0.5) is 5.69 Å². The Labute approximate surface area is 361 Å². The van der Waals surface area contributed by atoms with E-state index in [4.69, 9.17) is 0 Å². The van der Waals surface area contributed by atoms with Crippen molar-refractivity contribution in [1.82, 2.24) is 0 Å². The number of fused-ring (bicyclic) bond motifs is 2. The fraction of sp³-hybridized carbons (Fsp3) is 0.193. The Morgan fingerprint density at radius 3 is 2.33 bits per heavy atom. The van der Waals surface area contributed by atoms with Crippen LogP contribution in [-0.4, -0.2) is 15.3 Å². The molecule has 2 atom stereocenters. The molecule has 0 saturated heterocycles. The van der Waals surface area contributed by atoms with Crippen LogP contribution in [-0.2, 0) is 0 Å². The van der Waals surface area contributed by atoms with E-state index in [0.717, 1.165) is 110 Å². The van der Waals surface area contributed by atoms with Crippen LogP contribution >= 0.6 is 0 Å². The van der Waals surface area contributed by atoms with Gasteiger partial charge in [0.25, 0.3) is 0 Å². The zero-order valence-electron chi connectivity index (χ0n) is 35.6. The second-order valence-electron chi connectivity index (χ2n) is 16.5. The summed E-state index contributed by atoms with van der Waals surface area (Å²) in [6.07, 6.45) is 15.9. The van der Waals surface area contributed by atoms with Crippen LogP contribution in [0.25, 0.3) is 44.8 Å². The van der Waals surface area contributed by atoms with E-state index in [1.54, 1.807) is 0 Å². The highest BCUT2D eigenvalue weighted by molar-refractivity contribution is 6.09. The first-order chi connectivity index (χ1) is 29.6. The lowest BCUT2D eigenvalue weighted by atomic mass is 9.72. The first kappa shape index (κ1) is 41.0. The van der Waals surface area contributed by atoms with E-state index in [0.29, 0.717) is 6.42 Å². The van der Waals surface area contributed by atoms with Crippen molar-refractivity contribution in [3.05, 3.63) is 221 Å².